The molecule has 6 aliphatic rings. The second kappa shape index (κ2) is 14.4. The fraction of sp³-hybridized carbons (Fsp3) is 0.658. The van der Waals surface area contributed by atoms with Crippen LogP contribution in [0.2, 0.25) is 0 Å². The van der Waals surface area contributed by atoms with Gasteiger partial charge in [-0.05, 0) is 73.8 Å². The van der Waals surface area contributed by atoms with Gasteiger partial charge < -0.3 is 24.3 Å². The van der Waals surface area contributed by atoms with Crippen molar-refractivity contribution in [1.29, 1.82) is 0 Å². The molecule has 2 unspecified atom stereocenters. The predicted molar refractivity (Wildman–Crippen MR) is 185 cm³/mol. The van der Waals surface area contributed by atoms with Gasteiger partial charge in [0.2, 0.25) is 11.8 Å². The molecule has 0 radical (unpaired) electrons. The first-order chi connectivity index (χ1) is 23.0. The molecule has 3 aliphatic heterocycles. The van der Waals surface area contributed by atoms with Gasteiger partial charge in [0.25, 0.3) is 0 Å². The quantitative estimate of drug-likeness (QED) is 0.142. The SMILES string of the molecule is C=CCCCCCC[C@H](NC(=O)[C@@H]1C[C@@H](OC(=O)N2Cc3ccccc3C2)CN1C(=O)CCC=C)B1O[C@@H]2CC3CC(C3(C)C)[C@]2(C)O1. The number of carbonyl (C=O) groups excluding carboxylic acids is 3. The van der Waals surface area contributed by atoms with Crippen molar-refractivity contribution in [2.45, 2.75) is 134 Å². The van der Waals surface area contributed by atoms with Gasteiger partial charge in [0, 0.05) is 25.9 Å². The number of carbonyl (C=O) groups is 3. The maximum Gasteiger partial charge on any atom is 0.481 e. The molecule has 7 rings (SSSR count). The molecule has 5 fully saturated rings. The fourth-order valence-electron chi connectivity index (χ4n) is 9.09. The summed E-state index contributed by atoms with van der Waals surface area (Å²) >= 11 is 0. The third-order valence-electron chi connectivity index (χ3n) is 12.1. The number of hydrogen-bond acceptors (Lipinski definition) is 6. The van der Waals surface area contributed by atoms with Crippen molar-refractivity contribution in [2.24, 2.45) is 17.3 Å². The van der Waals surface area contributed by atoms with E-state index >= 15 is 0 Å². The predicted octanol–water partition coefficient (Wildman–Crippen LogP) is 6.35. The molecule has 3 heterocycles. The highest BCUT2D eigenvalue weighted by Gasteiger charge is 2.68. The monoisotopic (exact) mass is 659 g/mol. The van der Waals surface area contributed by atoms with Gasteiger partial charge in [-0.15, -0.1) is 13.2 Å². The molecule has 0 spiro atoms. The molecule has 10 heteroatoms. The number of likely N-dealkylation sites (tertiary alicyclic amines) is 1. The van der Waals surface area contributed by atoms with Gasteiger partial charge in [-0.2, -0.15) is 0 Å². The summed E-state index contributed by atoms with van der Waals surface area (Å²) in [4.78, 5) is 44.1. The molecular weight excluding hydrogens is 605 g/mol. The Morgan fingerprint density at radius 2 is 1.73 bits per heavy atom. The fourth-order valence-corrected chi connectivity index (χ4v) is 9.09. The van der Waals surface area contributed by atoms with Gasteiger partial charge in [0.1, 0.15) is 12.1 Å². The lowest BCUT2D eigenvalue weighted by atomic mass is 9.43. The molecule has 1 aromatic rings. The van der Waals surface area contributed by atoms with Crippen LogP contribution in [0.15, 0.2) is 49.6 Å². The summed E-state index contributed by atoms with van der Waals surface area (Å²) in [5.41, 5.74) is 2.05. The summed E-state index contributed by atoms with van der Waals surface area (Å²) in [6.07, 6.45) is 11.7. The number of fused-ring (bicyclic) bond motifs is 1. The Hall–Kier alpha value is -3.11. The lowest BCUT2D eigenvalue weighted by Gasteiger charge is -2.64. The van der Waals surface area contributed by atoms with E-state index in [1.165, 1.54) is 0 Å². The standard InChI is InChI=1S/C38H54BN3O6/c1-6-8-10-11-12-13-18-33(39-47-32-21-28-20-31(37(28,3)4)38(32,5)48-39)40-35(44)30-22-29(25-42(30)34(43)19-9-7-2)46-36(45)41-23-26-16-14-15-17-27(26)24-41/h6-7,14-17,28-33H,1-2,8-13,18-25H2,3-5H3,(H,40,44)/t28?,29-,30+,31?,32-,33+,38+/m1/s1. The van der Waals surface area contributed by atoms with Gasteiger partial charge >= 0.3 is 13.2 Å². The second-order valence-corrected chi connectivity index (χ2v) is 15.5. The Balaban J connectivity index is 1.14. The topological polar surface area (TPSA) is 97.4 Å². The van der Waals surface area contributed by atoms with E-state index in [1.807, 2.05) is 30.3 Å². The molecule has 9 nitrogen and oxygen atoms in total. The van der Waals surface area contributed by atoms with Crippen LogP contribution in [0.1, 0.15) is 103 Å². The van der Waals surface area contributed by atoms with Crippen molar-refractivity contribution in [3.05, 3.63) is 60.7 Å². The summed E-state index contributed by atoms with van der Waals surface area (Å²) in [5.74, 6) is 0.302. The van der Waals surface area contributed by atoms with Crippen LogP contribution in [0.5, 0.6) is 0 Å². The maximum absolute atomic E-state index is 14.2. The normalized spacial score (nSPS) is 30.2. The van der Waals surface area contributed by atoms with E-state index in [0.717, 1.165) is 62.5 Å². The number of benzene rings is 1. The van der Waals surface area contributed by atoms with E-state index in [9.17, 15) is 14.4 Å². The number of allylic oxidation sites excluding steroid dienone is 2. The van der Waals surface area contributed by atoms with Crippen LogP contribution in [0, 0.1) is 17.3 Å². The zero-order valence-electron chi connectivity index (χ0n) is 29.2. The molecule has 3 amide bonds. The number of nitrogens with zero attached hydrogens (tertiary/aromatic N) is 2. The van der Waals surface area contributed by atoms with Crippen LogP contribution >= 0.6 is 0 Å². The van der Waals surface area contributed by atoms with Crippen LogP contribution in [0.3, 0.4) is 0 Å². The summed E-state index contributed by atoms with van der Waals surface area (Å²) in [6, 6.07) is 7.23. The van der Waals surface area contributed by atoms with E-state index in [2.05, 4.69) is 39.2 Å². The first-order valence-corrected chi connectivity index (χ1v) is 18.2. The van der Waals surface area contributed by atoms with E-state index in [1.54, 1.807) is 15.9 Å². The highest BCUT2D eigenvalue weighted by Crippen LogP contribution is 2.65. The Labute approximate surface area is 286 Å². The average Bonchev–Trinajstić information content (AvgIpc) is 3.79. The second-order valence-electron chi connectivity index (χ2n) is 15.5. The third-order valence-corrected chi connectivity index (χ3v) is 12.1. The van der Waals surface area contributed by atoms with Gasteiger partial charge in [0.15, 0.2) is 0 Å². The molecule has 48 heavy (non-hydrogen) atoms. The maximum atomic E-state index is 14.2. The van der Waals surface area contributed by atoms with Crippen LogP contribution in [-0.2, 0) is 36.7 Å². The van der Waals surface area contributed by atoms with Crippen molar-refractivity contribution < 1.29 is 28.4 Å². The van der Waals surface area contributed by atoms with E-state index < -0.39 is 25.4 Å². The smallest absolute Gasteiger partial charge is 0.444 e. The number of ether oxygens (including phenoxy) is 1. The van der Waals surface area contributed by atoms with Crippen molar-refractivity contribution in [2.75, 3.05) is 6.54 Å². The molecule has 1 N–H and O–H groups in total. The van der Waals surface area contributed by atoms with Crippen LogP contribution < -0.4 is 5.32 Å². The number of hydrogen-bond donors (Lipinski definition) is 1. The molecule has 2 bridgehead atoms. The number of unbranched alkanes of at least 4 members (excludes halogenated alkanes) is 4. The van der Waals surface area contributed by atoms with Crippen LogP contribution in [-0.4, -0.2) is 71.2 Å². The first kappa shape index (κ1) is 34.7. The van der Waals surface area contributed by atoms with Gasteiger partial charge in [-0.1, -0.05) is 69.5 Å². The van der Waals surface area contributed by atoms with Gasteiger partial charge in [-0.25, -0.2) is 4.79 Å². The molecular formula is C38H54BN3O6. The zero-order valence-corrected chi connectivity index (χ0v) is 29.2. The highest BCUT2D eigenvalue weighted by atomic mass is 16.7. The van der Waals surface area contributed by atoms with Gasteiger partial charge in [0.05, 0.1) is 24.2 Å². The van der Waals surface area contributed by atoms with Crippen molar-refractivity contribution >= 4 is 25.0 Å². The average molecular weight is 660 g/mol. The lowest BCUT2D eigenvalue weighted by molar-refractivity contribution is -0.199. The molecule has 2 saturated heterocycles. The summed E-state index contributed by atoms with van der Waals surface area (Å²) in [7, 11) is -0.552. The Morgan fingerprint density at radius 1 is 1.02 bits per heavy atom. The summed E-state index contributed by atoms with van der Waals surface area (Å²) in [6.45, 7) is 15.6. The van der Waals surface area contributed by atoms with E-state index in [4.69, 9.17) is 14.0 Å². The van der Waals surface area contributed by atoms with Crippen molar-refractivity contribution in [3.63, 3.8) is 0 Å². The largest absolute Gasteiger partial charge is 0.481 e. The Bertz CT molecular complexity index is 1360. The molecule has 3 saturated carbocycles. The molecule has 1 aromatic carbocycles. The highest BCUT2D eigenvalue weighted by molar-refractivity contribution is 6.47. The molecule has 260 valence electrons. The number of rotatable bonds is 14. The number of nitrogens with one attached hydrogen (secondary N) is 1. The summed E-state index contributed by atoms with van der Waals surface area (Å²) < 4.78 is 19.4. The third kappa shape index (κ3) is 6.84. The van der Waals surface area contributed by atoms with Crippen molar-refractivity contribution in [1.82, 2.24) is 15.1 Å². The Morgan fingerprint density at radius 3 is 2.42 bits per heavy atom. The first-order valence-electron chi connectivity index (χ1n) is 18.2. The minimum atomic E-state index is -0.753. The van der Waals surface area contributed by atoms with E-state index in [-0.39, 0.29) is 54.3 Å². The molecule has 3 aliphatic carbocycles. The Kier molecular flexibility index (Phi) is 10.4. The molecule has 7 atom stereocenters. The van der Waals surface area contributed by atoms with Crippen molar-refractivity contribution in [3.8, 4) is 0 Å². The molecule has 0 aromatic heterocycles. The number of amides is 3. The minimum Gasteiger partial charge on any atom is -0.444 e. The van der Waals surface area contributed by atoms with Crippen LogP contribution in [0.4, 0.5) is 4.79 Å². The van der Waals surface area contributed by atoms with Gasteiger partial charge in [-0.3, -0.25) is 14.5 Å². The van der Waals surface area contributed by atoms with E-state index in [0.29, 0.717) is 31.3 Å². The van der Waals surface area contributed by atoms with Crippen LogP contribution in [0.25, 0.3) is 0 Å². The summed E-state index contributed by atoms with van der Waals surface area (Å²) in [5, 5.41) is 3.29. The lowest BCUT2D eigenvalue weighted by Crippen LogP contribution is -2.65. The minimum absolute atomic E-state index is 0.00949. The zero-order chi connectivity index (χ0) is 34.1.